The molecule has 0 fully saturated rings. The Labute approximate surface area is 158 Å². The molecule has 0 saturated carbocycles. The molecular weight excluding hydrogens is 372 g/mol. The zero-order valence-corrected chi connectivity index (χ0v) is 15.3. The summed E-state index contributed by atoms with van der Waals surface area (Å²) in [4.78, 5) is 7.32. The number of halogens is 1. The Kier molecular flexibility index (Phi) is 3.51. The van der Waals surface area contributed by atoms with E-state index in [4.69, 9.17) is 26.2 Å². The maximum absolute atomic E-state index is 5.98. The fourth-order valence-electron chi connectivity index (χ4n) is 2.84. The lowest BCUT2D eigenvalue weighted by molar-refractivity contribution is 0.174. The minimum atomic E-state index is 0.262. The van der Waals surface area contributed by atoms with Gasteiger partial charge >= 0.3 is 0 Å². The fourth-order valence-corrected chi connectivity index (χ4v) is 3.83. The van der Waals surface area contributed by atoms with Crippen molar-refractivity contribution in [2.45, 2.75) is 0 Å². The third kappa shape index (κ3) is 2.48. The molecule has 0 saturated heterocycles. The first-order chi connectivity index (χ1) is 12.7. The van der Waals surface area contributed by atoms with Crippen LogP contribution in [0.5, 0.6) is 11.5 Å². The molecule has 1 aliphatic heterocycles. The molecule has 5 rings (SSSR count). The van der Waals surface area contributed by atoms with Gasteiger partial charge in [0.05, 0.1) is 11.9 Å². The Morgan fingerprint density at radius 3 is 2.77 bits per heavy atom. The quantitative estimate of drug-likeness (QED) is 0.516. The zero-order chi connectivity index (χ0) is 17.7. The Balaban J connectivity index is 1.52. The summed E-state index contributed by atoms with van der Waals surface area (Å²) in [6.07, 6.45) is 1.83. The molecule has 0 bridgehead atoms. The molecule has 6 nitrogen and oxygen atoms in total. The molecule has 0 amide bonds. The summed E-state index contributed by atoms with van der Waals surface area (Å²) in [7, 11) is 1.97. The van der Waals surface area contributed by atoms with E-state index >= 15 is 0 Å². The molecule has 2 aromatic carbocycles. The van der Waals surface area contributed by atoms with Crippen LogP contribution in [0.25, 0.3) is 16.2 Å². The van der Waals surface area contributed by atoms with E-state index in [1.807, 2.05) is 65.1 Å². The molecule has 0 spiro atoms. The van der Waals surface area contributed by atoms with E-state index in [0.717, 1.165) is 38.5 Å². The predicted octanol–water partition coefficient (Wildman–Crippen LogP) is 4.61. The first-order valence-corrected chi connectivity index (χ1v) is 9.12. The average molecular weight is 385 g/mol. The lowest BCUT2D eigenvalue weighted by Crippen LogP contribution is -2.09. The third-order valence-electron chi connectivity index (χ3n) is 4.25. The molecule has 0 aliphatic carbocycles. The molecule has 3 heterocycles. The molecule has 2 aromatic heterocycles. The highest BCUT2D eigenvalue weighted by Gasteiger charge is 2.18. The number of nitrogens with zero attached hydrogens (tertiary/aromatic N) is 4. The van der Waals surface area contributed by atoms with Crippen LogP contribution in [0.2, 0.25) is 5.02 Å². The van der Waals surface area contributed by atoms with Crippen LogP contribution >= 0.6 is 22.9 Å². The number of hydrogen-bond donors (Lipinski definition) is 0. The van der Waals surface area contributed by atoms with Gasteiger partial charge in [-0.2, -0.15) is 0 Å². The molecule has 0 unspecified atom stereocenters. The van der Waals surface area contributed by atoms with Crippen molar-refractivity contribution in [2.24, 2.45) is 0 Å². The molecule has 4 aromatic rings. The summed E-state index contributed by atoms with van der Waals surface area (Å²) in [5.41, 5.74) is 2.92. The second-order valence-corrected chi connectivity index (χ2v) is 7.20. The SMILES string of the molecule is CN(c1ccc2c(c1)OCO2)c1nn2c(-c3ccc(Cl)cc3)cnc2s1. The molecule has 0 radical (unpaired) electrons. The molecule has 26 heavy (non-hydrogen) atoms. The van der Waals surface area contributed by atoms with Crippen LogP contribution in [-0.4, -0.2) is 28.4 Å². The van der Waals surface area contributed by atoms with Crippen LogP contribution in [0.1, 0.15) is 0 Å². The third-order valence-corrected chi connectivity index (χ3v) is 5.50. The number of imidazole rings is 1. The highest BCUT2D eigenvalue weighted by molar-refractivity contribution is 7.20. The van der Waals surface area contributed by atoms with Crippen molar-refractivity contribution in [1.29, 1.82) is 0 Å². The van der Waals surface area contributed by atoms with Crippen molar-refractivity contribution < 1.29 is 9.47 Å². The van der Waals surface area contributed by atoms with Crippen molar-refractivity contribution in [3.05, 3.63) is 53.7 Å². The molecule has 1 aliphatic rings. The summed E-state index contributed by atoms with van der Waals surface area (Å²) in [5, 5.41) is 6.27. The summed E-state index contributed by atoms with van der Waals surface area (Å²) >= 11 is 7.50. The van der Waals surface area contributed by atoms with Crippen LogP contribution in [0, 0.1) is 0 Å². The predicted molar refractivity (Wildman–Crippen MR) is 102 cm³/mol. The van der Waals surface area contributed by atoms with Gasteiger partial charge in [0.2, 0.25) is 16.9 Å². The summed E-state index contributed by atoms with van der Waals surface area (Å²) < 4.78 is 12.7. The van der Waals surface area contributed by atoms with E-state index in [0.29, 0.717) is 5.02 Å². The van der Waals surface area contributed by atoms with Crippen LogP contribution in [0.15, 0.2) is 48.7 Å². The topological polar surface area (TPSA) is 51.9 Å². The number of anilines is 2. The maximum Gasteiger partial charge on any atom is 0.231 e. The second-order valence-electron chi connectivity index (χ2n) is 5.83. The van der Waals surface area contributed by atoms with E-state index in [9.17, 15) is 0 Å². The van der Waals surface area contributed by atoms with Crippen molar-refractivity contribution >= 4 is 38.7 Å². The molecule has 130 valence electrons. The van der Waals surface area contributed by atoms with Gasteiger partial charge in [-0.15, -0.1) is 5.10 Å². The normalized spacial score (nSPS) is 12.7. The van der Waals surface area contributed by atoms with Crippen molar-refractivity contribution in [2.75, 3.05) is 18.7 Å². The minimum absolute atomic E-state index is 0.262. The standard InChI is InChI=1S/C18H13ClN4O2S/c1-22(13-6-7-15-16(8-13)25-10-24-15)18-21-23-14(9-20-17(23)26-18)11-2-4-12(19)5-3-11/h2-9H,10H2,1H3. The number of aromatic nitrogens is 3. The number of ether oxygens (including phenoxy) is 2. The summed E-state index contributed by atoms with van der Waals surface area (Å²) in [6, 6.07) is 13.5. The monoisotopic (exact) mass is 384 g/mol. The van der Waals surface area contributed by atoms with E-state index in [-0.39, 0.29) is 6.79 Å². The number of rotatable bonds is 3. The van der Waals surface area contributed by atoms with Crippen molar-refractivity contribution in [3.8, 4) is 22.8 Å². The van der Waals surface area contributed by atoms with Gasteiger partial charge in [0, 0.05) is 29.4 Å². The first-order valence-electron chi connectivity index (χ1n) is 7.93. The van der Waals surface area contributed by atoms with Crippen LogP contribution in [0.4, 0.5) is 10.8 Å². The van der Waals surface area contributed by atoms with Crippen molar-refractivity contribution in [1.82, 2.24) is 14.6 Å². The van der Waals surface area contributed by atoms with Gasteiger partial charge in [0.15, 0.2) is 11.5 Å². The molecular formula is C18H13ClN4O2S. The number of hydrogen-bond acceptors (Lipinski definition) is 6. The van der Waals surface area contributed by atoms with E-state index in [1.165, 1.54) is 11.3 Å². The highest BCUT2D eigenvalue weighted by Crippen LogP contribution is 2.38. The van der Waals surface area contributed by atoms with Crippen molar-refractivity contribution in [3.63, 3.8) is 0 Å². The van der Waals surface area contributed by atoms with Gasteiger partial charge in [-0.25, -0.2) is 9.50 Å². The number of fused-ring (bicyclic) bond motifs is 2. The van der Waals surface area contributed by atoms with Crippen LogP contribution in [-0.2, 0) is 0 Å². The van der Waals surface area contributed by atoms with E-state index in [2.05, 4.69) is 4.98 Å². The summed E-state index contributed by atoms with van der Waals surface area (Å²) in [5.74, 6) is 1.51. The van der Waals surface area contributed by atoms with Gasteiger partial charge in [0.25, 0.3) is 0 Å². The second kappa shape index (κ2) is 5.89. The molecule has 0 N–H and O–H groups in total. The Morgan fingerprint density at radius 1 is 1.12 bits per heavy atom. The lowest BCUT2D eigenvalue weighted by Gasteiger charge is -2.15. The minimum Gasteiger partial charge on any atom is -0.454 e. The fraction of sp³-hybridized carbons (Fsp3) is 0.111. The average Bonchev–Trinajstić information content (AvgIpc) is 3.36. The Morgan fingerprint density at radius 2 is 1.92 bits per heavy atom. The van der Waals surface area contributed by atoms with Gasteiger partial charge in [0.1, 0.15) is 0 Å². The maximum atomic E-state index is 5.98. The Hall–Kier alpha value is -2.77. The Bertz CT molecular complexity index is 1110. The van der Waals surface area contributed by atoms with Crippen LogP contribution in [0.3, 0.4) is 0 Å². The largest absolute Gasteiger partial charge is 0.454 e. The van der Waals surface area contributed by atoms with Gasteiger partial charge < -0.3 is 14.4 Å². The number of benzene rings is 2. The van der Waals surface area contributed by atoms with E-state index in [1.54, 1.807) is 0 Å². The lowest BCUT2D eigenvalue weighted by atomic mass is 10.2. The van der Waals surface area contributed by atoms with Gasteiger partial charge in [-0.1, -0.05) is 35.1 Å². The van der Waals surface area contributed by atoms with Gasteiger partial charge in [-0.05, 0) is 24.3 Å². The highest BCUT2D eigenvalue weighted by atomic mass is 35.5. The molecule has 8 heteroatoms. The smallest absolute Gasteiger partial charge is 0.231 e. The molecule has 0 atom stereocenters. The van der Waals surface area contributed by atoms with Gasteiger partial charge in [-0.3, -0.25) is 0 Å². The van der Waals surface area contributed by atoms with E-state index < -0.39 is 0 Å². The summed E-state index contributed by atoms with van der Waals surface area (Å²) in [6.45, 7) is 0.262. The first kappa shape index (κ1) is 15.5. The zero-order valence-electron chi connectivity index (χ0n) is 13.7. The van der Waals surface area contributed by atoms with Crippen LogP contribution < -0.4 is 14.4 Å².